The van der Waals surface area contributed by atoms with Crippen LogP contribution in [0.2, 0.25) is 0 Å². The van der Waals surface area contributed by atoms with Gasteiger partial charge in [-0.3, -0.25) is 0 Å². The van der Waals surface area contributed by atoms with Gasteiger partial charge in [0, 0.05) is 16.4 Å². The Kier molecular flexibility index (Phi) is 5.12. The molecule has 0 radical (unpaired) electrons. The summed E-state index contributed by atoms with van der Waals surface area (Å²) in [6.07, 6.45) is 0. The second-order valence-electron chi connectivity index (χ2n) is 5.75. The molecule has 114 valence electrons. The lowest BCUT2D eigenvalue weighted by atomic mass is 9.93. The number of aromatic nitrogens is 1. The van der Waals surface area contributed by atoms with Crippen LogP contribution < -0.4 is 9.47 Å². The van der Waals surface area contributed by atoms with Crippen molar-refractivity contribution < 1.29 is 9.47 Å². The number of benzene rings is 1. The molecule has 0 spiro atoms. The summed E-state index contributed by atoms with van der Waals surface area (Å²) in [6, 6.07) is 5.71. The first-order chi connectivity index (χ1) is 9.95. The first-order valence-electron chi connectivity index (χ1n) is 6.75. The number of methoxy groups -OCH3 is 1. The fourth-order valence-corrected chi connectivity index (χ4v) is 2.99. The van der Waals surface area contributed by atoms with Crippen LogP contribution >= 0.6 is 22.9 Å². The Morgan fingerprint density at radius 3 is 2.62 bits per heavy atom. The van der Waals surface area contributed by atoms with E-state index in [4.69, 9.17) is 21.1 Å². The van der Waals surface area contributed by atoms with Gasteiger partial charge in [0.15, 0.2) is 11.5 Å². The largest absolute Gasteiger partial charge is 0.493 e. The van der Waals surface area contributed by atoms with Crippen molar-refractivity contribution in [2.24, 2.45) is 0 Å². The third-order valence-corrected chi connectivity index (χ3v) is 4.19. The van der Waals surface area contributed by atoms with Gasteiger partial charge in [0.05, 0.1) is 18.7 Å². The molecule has 0 atom stereocenters. The quantitative estimate of drug-likeness (QED) is 0.742. The highest BCUT2D eigenvalue weighted by atomic mass is 35.5. The Morgan fingerprint density at radius 2 is 2.05 bits per heavy atom. The average Bonchev–Trinajstić information content (AvgIpc) is 2.93. The van der Waals surface area contributed by atoms with E-state index < -0.39 is 0 Å². The normalized spacial score (nSPS) is 11.5. The number of ether oxygens (including phenoxy) is 2. The average molecular weight is 326 g/mol. The van der Waals surface area contributed by atoms with E-state index in [1.807, 2.05) is 18.2 Å². The van der Waals surface area contributed by atoms with Crippen LogP contribution in [0.1, 0.15) is 37.0 Å². The number of para-hydroxylation sites is 1. The van der Waals surface area contributed by atoms with E-state index in [-0.39, 0.29) is 5.41 Å². The molecule has 5 heteroatoms. The Morgan fingerprint density at radius 1 is 1.29 bits per heavy atom. The van der Waals surface area contributed by atoms with Crippen molar-refractivity contribution in [3.63, 3.8) is 0 Å². The van der Waals surface area contributed by atoms with Crippen LogP contribution in [0.25, 0.3) is 0 Å². The zero-order valence-electron chi connectivity index (χ0n) is 12.8. The monoisotopic (exact) mass is 325 g/mol. The summed E-state index contributed by atoms with van der Waals surface area (Å²) >= 11 is 7.57. The molecule has 21 heavy (non-hydrogen) atoms. The smallest absolute Gasteiger partial charge is 0.166 e. The second-order valence-corrected chi connectivity index (χ2v) is 6.96. The molecule has 1 aromatic heterocycles. The summed E-state index contributed by atoms with van der Waals surface area (Å²) < 4.78 is 11.2. The molecule has 3 nitrogen and oxygen atoms in total. The molecule has 0 fully saturated rings. The van der Waals surface area contributed by atoms with Crippen LogP contribution in [0.4, 0.5) is 0 Å². The van der Waals surface area contributed by atoms with Crippen LogP contribution in [-0.2, 0) is 17.9 Å². The zero-order chi connectivity index (χ0) is 15.5. The maximum Gasteiger partial charge on any atom is 0.166 e. The molecule has 0 unspecified atom stereocenters. The van der Waals surface area contributed by atoms with E-state index in [0.29, 0.717) is 24.0 Å². The molecule has 0 aliphatic carbocycles. The standard InChI is InChI=1S/C16H20ClNO2S/c1-16(2,3)13-10-21-14(18-13)9-20-15-11(8-17)6-5-7-12(15)19-4/h5-7,10H,8-9H2,1-4H3. The van der Waals surface area contributed by atoms with Gasteiger partial charge in [0.2, 0.25) is 0 Å². The van der Waals surface area contributed by atoms with Gasteiger partial charge >= 0.3 is 0 Å². The third kappa shape index (κ3) is 3.89. The minimum Gasteiger partial charge on any atom is -0.493 e. The number of halogens is 1. The molecule has 2 aromatic rings. The first-order valence-corrected chi connectivity index (χ1v) is 8.16. The molecule has 0 saturated heterocycles. The minimum absolute atomic E-state index is 0.0560. The summed E-state index contributed by atoms with van der Waals surface area (Å²) in [6.45, 7) is 6.88. The van der Waals surface area contributed by atoms with E-state index in [1.54, 1.807) is 18.4 Å². The van der Waals surface area contributed by atoms with Gasteiger partial charge in [-0.2, -0.15) is 0 Å². The number of rotatable bonds is 5. The van der Waals surface area contributed by atoms with Crippen LogP contribution in [0.15, 0.2) is 23.6 Å². The Balaban J connectivity index is 2.15. The highest BCUT2D eigenvalue weighted by molar-refractivity contribution is 7.09. The lowest BCUT2D eigenvalue weighted by Crippen LogP contribution is -2.11. The van der Waals surface area contributed by atoms with Gasteiger partial charge in [-0.15, -0.1) is 22.9 Å². The van der Waals surface area contributed by atoms with Gasteiger partial charge in [0.25, 0.3) is 0 Å². The van der Waals surface area contributed by atoms with Gasteiger partial charge in [0.1, 0.15) is 11.6 Å². The summed E-state index contributed by atoms with van der Waals surface area (Å²) in [4.78, 5) is 4.63. The summed E-state index contributed by atoms with van der Waals surface area (Å²) in [5, 5.41) is 3.04. The van der Waals surface area contributed by atoms with Crippen LogP contribution in [-0.4, -0.2) is 12.1 Å². The molecule has 1 heterocycles. The third-order valence-electron chi connectivity index (χ3n) is 3.08. The van der Waals surface area contributed by atoms with Crippen molar-refractivity contribution in [2.75, 3.05) is 7.11 Å². The number of nitrogens with zero attached hydrogens (tertiary/aromatic N) is 1. The number of hydrogen-bond donors (Lipinski definition) is 0. The van der Waals surface area contributed by atoms with Crippen LogP contribution in [0.3, 0.4) is 0 Å². The molecule has 0 aliphatic rings. The van der Waals surface area contributed by atoms with E-state index in [9.17, 15) is 0 Å². The molecule has 1 aromatic carbocycles. The predicted molar refractivity (Wildman–Crippen MR) is 87.7 cm³/mol. The summed E-state index contributed by atoms with van der Waals surface area (Å²) in [5.41, 5.74) is 2.06. The maximum absolute atomic E-state index is 5.96. The molecule has 0 saturated carbocycles. The maximum atomic E-state index is 5.96. The van der Waals surface area contributed by atoms with Crippen molar-refractivity contribution in [3.8, 4) is 11.5 Å². The van der Waals surface area contributed by atoms with Gasteiger partial charge in [-0.1, -0.05) is 32.9 Å². The Hall–Kier alpha value is -1.26. The zero-order valence-corrected chi connectivity index (χ0v) is 14.3. The molecule has 0 amide bonds. The lowest BCUT2D eigenvalue weighted by molar-refractivity contribution is 0.281. The highest BCUT2D eigenvalue weighted by Crippen LogP contribution is 2.33. The van der Waals surface area contributed by atoms with E-state index >= 15 is 0 Å². The van der Waals surface area contributed by atoms with Crippen molar-refractivity contribution >= 4 is 22.9 Å². The molecular formula is C16H20ClNO2S. The Labute approximate surface area is 134 Å². The Bertz CT molecular complexity index is 582. The first kappa shape index (κ1) is 16.1. The van der Waals surface area contributed by atoms with Gasteiger partial charge in [-0.25, -0.2) is 4.98 Å². The SMILES string of the molecule is COc1cccc(CCl)c1OCc1nc(C(C)(C)C)cs1. The van der Waals surface area contributed by atoms with Crippen LogP contribution in [0, 0.1) is 0 Å². The molecule has 2 rings (SSSR count). The van der Waals surface area contributed by atoms with Gasteiger partial charge < -0.3 is 9.47 Å². The van der Waals surface area contributed by atoms with Crippen molar-refractivity contribution in [3.05, 3.63) is 39.8 Å². The minimum atomic E-state index is 0.0560. The summed E-state index contributed by atoms with van der Waals surface area (Å²) in [5.74, 6) is 1.78. The fraction of sp³-hybridized carbons (Fsp3) is 0.438. The lowest BCUT2D eigenvalue weighted by Gasteiger charge is -2.14. The summed E-state index contributed by atoms with van der Waals surface area (Å²) in [7, 11) is 1.63. The molecule has 0 aliphatic heterocycles. The van der Waals surface area contributed by atoms with E-state index in [2.05, 4.69) is 31.1 Å². The van der Waals surface area contributed by atoms with Crippen LogP contribution in [0.5, 0.6) is 11.5 Å². The number of hydrogen-bond acceptors (Lipinski definition) is 4. The molecular weight excluding hydrogens is 306 g/mol. The van der Waals surface area contributed by atoms with Crippen molar-refractivity contribution in [2.45, 2.75) is 38.7 Å². The number of alkyl halides is 1. The second kappa shape index (κ2) is 6.67. The molecule has 0 N–H and O–H groups in total. The highest BCUT2D eigenvalue weighted by Gasteiger charge is 2.18. The molecule has 0 bridgehead atoms. The van der Waals surface area contributed by atoms with Crippen molar-refractivity contribution in [1.82, 2.24) is 4.98 Å². The van der Waals surface area contributed by atoms with E-state index in [0.717, 1.165) is 16.3 Å². The predicted octanol–water partition coefficient (Wildman–Crippen LogP) is 4.77. The number of thiazole rings is 1. The fourth-order valence-electron chi connectivity index (χ4n) is 1.85. The van der Waals surface area contributed by atoms with Crippen molar-refractivity contribution in [1.29, 1.82) is 0 Å². The van der Waals surface area contributed by atoms with E-state index in [1.165, 1.54) is 0 Å². The topological polar surface area (TPSA) is 31.4 Å². The van der Waals surface area contributed by atoms with Gasteiger partial charge in [-0.05, 0) is 6.07 Å².